The highest BCUT2D eigenvalue weighted by Gasteiger charge is 2.30. The fourth-order valence-corrected chi connectivity index (χ4v) is 3.10. The molecule has 1 aliphatic rings. The molecule has 1 aromatic rings. The van der Waals surface area contributed by atoms with E-state index in [1.54, 1.807) is 0 Å². The summed E-state index contributed by atoms with van der Waals surface area (Å²) in [5, 5.41) is 0. The Bertz CT molecular complexity index is 572. The number of hydrogen-bond donors (Lipinski definition) is 1. The van der Waals surface area contributed by atoms with Gasteiger partial charge >= 0.3 is 0 Å². The van der Waals surface area contributed by atoms with Gasteiger partial charge in [-0.05, 0) is 36.6 Å². The number of anilines is 2. The molecule has 1 amide bonds. The summed E-state index contributed by atoms with van der Waals surface area (Å²) in [6.07, 6.45) is 2.23. The highest BCUT2D eigenvalue weighted by Crippen LogP contribution is 2.27. The van der Waals surface area contributed by atoms with E-state index in [4.69, 9.17) is 10.5 Å². The van der Waals surface area contributed by atoms with Gasteiger partial charge < -0.3 is 20.3 Å². The minimum Gasteiger partial charge on any atom is -0.399 e. The summed E-state index contributed by atoms with van der Waals surface area (Å²) in [4.78, 5) is 16.9. The normalized spacial score (nSPS) is 17.8. The Morgan fingerprint density at radius 2 is 2.04 bits per heavy atom. The third kappa shape index (κ3) is 4.63. The summed E-state index contributed by atoms with van der Waals surface area (Å²) in [5.41, 5.74) is 8.43. The van der Waals surface area contributed by atoms with Gasteiger partial charge in [-0.1, -0.05) is 20.8 Å². The molecule has 2 N–H and O–H groups in total. The van der Waals surface area contributed by atoms with Crippen molar-refractivity contribution in [2.75, 3.05) is 37.9 Å². The van der Waals surface area contributed by atoms with Gasteiger partial charge in [0.25, 0.3) is 0 Å². The summed E-state index contributed by atoms with van der Waals surface area (Å²) in [6, 6.07) is 5.87. The molecule has 24 heavy (non-hydrogen) atoms. The number of nitrogens with zero attached hydrogens (tertiary/aromatic N) is 2. The monoisotopic (exact) mass is 333 g/mol. The van der Waals surface area contributed by atoms with Crippen molar-refractivity contribution in [1.29, 1.82) is 0 Å². The van der Waals surface area contributed by atoms with Crippen LogP contribution in [0.15, 0.2) is 18.2 Å². The van der Waals surface area contributed by atoms with Crippen LogP contribution in [0, 0.1) is 5.41 Å². The van der Waals surface area contributed by atoms with Gasteiger partial charge in [0.15, 0.2) is 0 Å². The molecule has 0 aromatic heterocycles. The molecule has 0 aliphatic carbocycles. The van der Waals surface area contributed by atoms with Crippen LogP contribution in [0.3, 0.4) is 0 Å². The van der Waals surface area contributed by atoms with E-state index in [2.05, 4.69) is 4.90 Å². The average Bonchev–Trinajstić information content (AvgIpc) is 2.97. The van der Waals surface area contributed by atoms with Gasteiger partial charge in [-0.2, -0.15) is 0 Å². The standard InChI is InChI=1S/C19H31N3O2/c1-19(2,3)18(23)22(13-16-7-6-10-24-16)12-14-11-15(20)8-9-17(14)21(4)5/h8-9,11,16H,6-7,10,12-13,20H2,1-5H3. The first-order valence-electron chi connectivity index (χ1n) is 8.65. The number of rotatable bonds is 5. The Morgan fingerprint density at radius 3 is 2.58 bits per heavy atom. The Balaban J connectivity index is 2.27. The quantitative estimate of drug-likeness (QED) is 0.842. The summed E-state index contributed by atoms with van der Waals surface area (Å²) in [7, 11) is 4.01. The zero-order valence-corrected chi connectivity index (χ0v) is 15.6. The summed E-state index contributed by atoms with van der Waals surface area (Å²) >= 11 is 0. The molecule has 2 rings (SSSR count). The lowest BCUT2D eigenvalue weighted by atomic mass is 9.94. The first-order chi connectivity index (χ1) is 11.2. The van der Waals surface area contributed by atoms with Crippen LogP contribution in [-0.2, 0) is 16.1 Å². The maximum Gasteiger partial charge on any atom is 0.228 e. The lowest BCUT2D eigenvalue weighted by molar-refractivity contribution is -0.141. The SMILES string of the molecule is CN(C)c1ccc(N)cc1CN(CC1CCCO1)C(=O)C(C)(C)C. The third-order valence-electron chi connectivity index (χ3n) is 4.32. The van der Waals surface area contributed by atoms with Crippen molar-refractivity contribution in [3.63, 3.8) is 0 Å². The molecular weight excluding hydrogens is 302 g/mol. The van der Waals surface area contributed by atoms with E-state index < -0.39 is 5.41 Å². The van der Waals surface area contributed by atoms with Crippen LogP contribution in [0.5, 0.6) is 0 Å². The fourth-order valence-electron chi connectivity index (χ4n) is 3.10. The largest absolute Gasteiger partial charge is 0.399 e. The van der Waals surface area contributed by atoms with E-state index in [0.29, 0.717) is 13.1 Å². The van der Waals surface area contributed by atoms with E-state index in [1.807, 2.05) is 58.0 Å². The molecule has 1 fully saturated rings. The van der Waals surface area contributed by atoms with Crippen molar-refractivity contribution >= 4 is 17.3 Å². The smallest absolute Gasteiger partial charge is 0.228 e. The van der Waals surface area contributed by atoms with Crippen molar-refractivity contribution < 1.29 is 9.53 Å². The van der Waals surface area contributed by atoms with E-state index in [-0.39, 0.29) is 12.0 Å². The third-order valence-corrected chi connectivity index (χ3v) is 4.32. The summed E-state index contributed by atoms with van der Waals surface area (Å²) < 4.78 is 5.76. The Morgan fingerprint density at radius 1 is 1.33 bits per heavy atom. The average molecular weight is 333 g/mol. The molecule has 1 aliphatic heterocycles. The first-order valence-corrected chi connectivity index (χ1v) is 8.65. The molecule has 0 spiro atoms. The Hall–Kier alpha value is -1.75. The Labute approximate surface area is 145 Å². The fraction of sp³-hybridized carbons (Fsp3) is 0.632. The second-order valence-corrected chi connectivity index (χ2v) is 7.85. The van der Waals surface area contributed by atoms with Crippen LogP contribution >= 0.6 is 0 Å². The van der Waals surface area contributed by atoms with Crippen LogP contribution in [0.2, 0.25) is 0 Å². The van der Waals surface area contributed by atoms with E-state index >= 15 is 0 Å². The van der Waals surface area contributed by atoms with Gasteiger partial charge in [-0.15, -0.1) is 0 Å². The molecule has 1 heterocycles. The molecule has 1 atom stereocenters. The molecule has 5 heteroatoms. The van der Waals surface area contributed by atoms with E-state index in [0.717, 1.165) is 36.4 Å². The lowest BCUT2D eigenvalue weighted by Crippen LogP contribution is -2.43. The van der Waals surface area contributed by atoms with Gasteiger partial charge in [-0.25, -0.2) is 0 Å². The predicted octanol–water partition coefficient (Wildman–Crippen LogP) is 2.89. The van der Waals surface area contributed by atoms with E-state index in [1.165, 1.54) is 0 Å². The molecule has 5 nitrogen and oxygen atoms in total. The topological polar surface area (TPSA) is 58.8 Å². The summed E-state index contributed by atoms with van der Waals surface area (Å²) in [5.74, 6) is 0.144. The second-order valence-electron chi connectivity index (χ2n) is 7.85. The second kappa shape index (κ2) is 7.43. The molecular formula is C19H31N3O2. The highest BCUT2D eigenvalue weighted by molar-refractivity contribution is 5.81. The van der Waals surface area contributed by atoms with Crippen molar-refractivity contribution in [1.82, 2.24) is 4.90 Å². The van der Waals surface area contributed by atoms with Crippen LogP contribution in [0.25, 0.3) is 0 Å². The number of nitrogens with two attached hydrogens (primary N) is 1. The van der Waals surface area contributed by atoms with Gasteiger partial charge in [0.2, 0.25) is 5.91 Å². The van der Waals surface area contributed by atoms with Gasteiger partial charge in [0.1, 0.15) is 0 Å². The Kier molecular flexibility index (Phi) is 5.75. The first kappa shape index (κ1) is 18.6. The van der Waals surface area contributed by atoms with Crippen LogP contribution < -0.4 is 10.6 Å². The van der Waals surface area contributed by atoms with Crippen molar-refractivity contribution in [3.05, 3.63) is 23.8 Å². The van der Waals surface area contributed by atoms with Crippen molar-refractivity contribution in [2.45, 2.75) is 46.3 Å². The van der Waals surface area contributed by atoms with Crippen LogP contribution in [0.1, 0.15) is 39.2 Å². The predicted molar refractivity (Wildman–Crippen MR) is 99.0 cm³/mol. The molecule has 1 aromatic carbocycles. The minimum absolute atomic E-state index is 0.139. The van der Waals surface area contributed by atoms with Crippen molar-refractivity contribution in [3.8, 4) is 0 Å². The number of amides is 1. The maximum atomic E-state index is 12.9. The van der Waals surface area contributed by atoms with Crippen LogP contribution in [0.4, 0.5) is 11.4 Å². The number of ether oxygens (including phenoxy) is 1. The number of carbonyl (C=O) groups is 1. The summed E-state index contributed by atoms with van der Waals surface area (Å²) in [6.45, 7) is 7.87. The van der Waals surface area contributed by atoms with Crippen molar-refractivity contribution in [2.24, 2.45) is 5.41 Å². The molecule has 134 valence electrons. The zero-order valence-electron chi connectivity index (χ0n) is 15.6. The van der Waals surface area contributed by atoms with Gasteiger partial charge in [0, 0.05) is 50.6 Å². The lowest BCUT2D eigenvalue weighted by Gasteiger charge is -2.32. The van der Waals surface area contributed by atoms with Crippen LogP contribution in [-0.4, -0.2) is 44.2 Å². The molecule has 0 radical (unpaired) electrons. The molecule has 0 bridgehead atoms. The highest BCUT2D eigenvalue weighted by atomic mass is 16.5. The zero-order chi connectivity index (χ0) is 17.9. The molecule has 1 unspecified atom stereocenters. The number of benzene rings is 1. The molecule has 0 saturated carbocycles. The number of nitrogen functional groups attached to an aromatic ring is 1. The molecule has 1 saturated heterocycles. The van der Waals surface area contributed by atoms with Gasteiger partial charge in [0.05, 0.1) is 6.10 Å². The number of carbonyl (C=O) groups excluding carboxylic acids is 1. The minimum atomic E-state index is -0.419. The maximum absolute atomic E-state index is 12.9. The van der Waals surface area contributed by atoms with Gasteiger partial charge in [-0.3, -0.25) is 4.79 Å². The number of hydrogen-bond acceptors (Lipinski definition) is 4. The van der Waals surface area contributed by atoms with E-state index in [9.17, 15) is 4.79 Å².